The SMILES string of the molecule is Cc1ccc(/C=C\C(=O)N(CCC#N)C(C)C)o1. The first-order valence-corrected chi connectivity index (χ1v) is 5.96. The third kappa shape index (κ3) is 4.10. The molecule has 0 N–H and O–H groups in total. The fraction of sp³-hybridized carbons (Fsp3) is 0.429. The molecule has 4 heteroatoms. The van der Waals surface area contributed by atoms with Crippen molar-refractivity contribution >= 4 is 12.0 Å². The highest BCUT2D eigenvalue weighted by Gasteiger charge is 2.13. The van der Waals surface area contributed by atoms with Crippen LogP contribution in [-0.2, 0) is 4.79 Å². The lowest BCUT2D eigenvalue weighted by atomic mass is 10.2. The van der Waals surface area contributed by atoms with Crippen LogP contribution in [0.2, 0.25) is 0 Å². The highest BCUT2D eigenvalue weighted by molar-refractivity contribution is 5.91. The highest BCUT2D eigenvalue weighted by atomic mass is 16.3. The summed E-state index contributed by atoms with van der Waals surface area (Å²) in [5.74, 6) is 1.37. The predicted octanol–water partition coefficient (Wildman–Crippen LogP) is 2.75. The molecule has 0 atom stereocenters. The van der Waals surface area contributed by atoms with E-state index in [4.69, 9.17) is 9.68 Å². The Hall–Kier alpha value is -2.02. The lowest BCUT2D eigenvalue weighted by Crippen LogP contribution is -2.36. The van der Waals surface area contributed by atoms with Gasteiger partial charge in [-0.1, -0.05) is 0 Å². The van der Waals surface area contributed by atoms with E-state index in [0.717, 1.165) is 5.76 Å². The lowest BCUT2D eigenvalue weighted by Gasteiger charge is -2.24. The smallest absolute Gasteiger partial charge is 0.246 e. The summed E-state index contributed by atoms with van der Waals surface area (Å²) in [6, 6.07) is 5.79. The Bertz CT molecular complexity index is 466. The first kappa shape index (κ1) is 14.0. The van der Waals surface area contributed by atoms with Crippen molar-refractivity contribution in [3.05, 3.63) is 29.7 Å². The van der Waals surface area contributed by atoms with E-state index >= 15 is 0 Å². The Morgan fingerprint density at radius 1 is 1.56 bits per heavy atom. The fourth-order valence-electron chi connectivity index (χ4n) is 1.59. The van der Waals surface area contributed by atoms with Crippen molar-refractivity contribution in [2.24, 2.45) is 0 Å². The number of amides is 1. The Morgan fingerprint density at radius 2 is 2.28 bits per heavy atom. The van der Waals surface area contributed by atoms with Crippen molar-refractivity contribution < 1.29 is 9.21 Å². The summed E-state index contributed by atoms with van der Waals surface area (Å²) >= 11 is 0. The number of hydrogen-bond donors (Lipinski definition) is 0. The third-order valence-corrected chi connectivity index (χ3v) is 2.52. The fourth-order valence-corrected chi connectivity index (χ4v) is 1.59. The molecule has 1 aromatic rings. The lowest BCUT2D eigenvalue weighted by molar-refractivity contribution is -0.127. The van der Waals surface area contributed by atoms with Gasteiger partial charge in [-0.25, -0.2) is 0 Å². The van der Waals surface area contributed by atoms with Gasteiger partial charge in [0.25, 0.3) is 0 Å². The maximum atomic E-state index is 12.0. The first-order chi connectivity index (χ1) is 8.54. The molecule has 0 saturated carbocycles. The van der Waals surface area contributed by atoms with Crippen molar-refractivity contribution in [2.45, 2.75) is 33.2 Å². The predicted molar refractivity (Wildman–Crippen MR) is 69.6 cm³/mol. The maximum Gasteiger partial charge on any atom is 0.246 e. The second-order valence-electron chi connectivity index (χ2n) is 4.32. The van der Waals surface area contributed by atoms with Crippen LogP contribution in [0.25, 0.3) is 6.08 Å². The van der Waals surface area contributed by atoms with E-state index in [1.54, 1.807) is 11.0 Å². The number of aryl methyl sites for hydroxylation is 1. The number of hydrogen-bond acceptors (Lipinski definition) is 3. The standard InChI is InChI=1S/C14H18N2O2/c1-11(2)16(10-4-9-15)14(17)8-7-13-6-5-12(3)18-13/h5-8,11H,4,10H2,1-3H3/b8-7-. The van der Waals surface area contributed by atoms with Crippen LogP contribution in [-0.4, -0.2) is 23.4 Å². The number of rotatable bonds is 5. The van der Waals surface area contributed by atoms with E-state index < -0.39 is 0 Å². The molecule has 0 spiro atoms. The molecule has 0 saturated heterocycles. The van der Waals surface area contributed by atoms with Crippen LogP contribution in [0.3, 0.4) is 0 Å². The topological polar surface area (TPSA) is 57.2 Å². The van der Waals surface area contributed by atoms with Gasteiger partial charge in [-0.05, 0) is 39.0 Å². The summed E-state index contributed by atoms with van der Waals surface area (Å²) in [7, 11) is 0. The molecule has 18 heavy (non-hydrogen) atoms. The number of nitrogens with zero attached hydrogens (tertiary/aromatic N) is 2. The van der Waals surface area contributed by atoms with Crippen LogP contribution in [0.4, 0.5) is 0 Å². The van der Waals surface area contributed by atoms with Gasteiger partial charge in [0, 0.05) is 18.7 Å². The minimum atomic E-state index is -0.102. The van der Waals surface area contributed by atoms with Crippen LogP contribution in [0.5, 0.6) is 0 Å². The summed E-state index contributed by atoms with van der Waals surface area (Å²) in [6.07, 6.45) is 3.48. The number of carbonyl (C=O) groups excluding carboxylic acids is 1. The molecule has 0 aliphatic heterocycles. The normalized spacial score (nSPS) is 10.8. The van der Waals surface area contributed by atoms with Gasteiger partial charge in [0.15, 0.2) is 0 Å². The van der Waals surface area contributed by atoms with Crippen molar-refractivity contribution in [2.75, 3.05) is 6.54 Å². The Morgan fingerprint density at radius 3 is 2.78 bits per heavy atom. The van der Waals surface area contributed by atoms with Crippen molar-refractivity contribution in [1.82, 2.24) is 4.90 Å². The number of carbonyl (C=O) groups is 1. The van der Waals surface area contributed by atoms with E-state index in [-0.39, 0.29) is 11.9 Å². The van der Waals surface area contributed by atoms with Crippen LogP contribution >= 0.6 is 0 Å². The minimum absolute atomic E-state index is 0.0776. The molecule has 1 aromatic heterocycles. The maximum absolute atomic E-state index is 12.0. The van der Waals surface area contributed by atoms with Gasteiger partial charge in [-0.15, -0.1) is 0 Å². The quantitative estimate of drug-likeness (QED) is 0.750. The van der Waals surface area contributed by atoms with Crippen LogP contribution in [0, 0.1) is 18.3 Å². The molecule has 4 nitrogen and oxygen atoms in total. The van der Waals surface area contributed by atoms with E-state index in [1.165, 1.54) is 6.08 Å². The monoisotopic (exact) mass is 246 g/mol. The third-order valence-electron chi connectivity index (χ3n) is 2.52. The average Bonchev–Trinajstić information content (AvgIpc) is 2.72. The molecule has 1 amide bonds. The van der Waals surface area contributed by atoms with Crippen molar-refractivity contribution in [3.63, 3.8) is 0 Å². The van der Waals surface area contributed by atoms with Crippen molar-refractivity contribution in [1.29, 1.82) is 5.26 Å². The molecule has 96 valence electrons. The average molecular weight is 246 g/mol. The van der Waals surface area contributed by atoms with Gasteiger partial charge in [0.2, 0.25) is 5.91 Å². The van der Waals surface area contributed by atoms with Gasteiger partial charge < -0.3 is 9.32 Å². The Balaban J connectivity index is 2.67. The largest absolute Gasteiger partial charge is 0.462 e. The summed E-state index contributed by atoms with van der Waals surface area (Å²) in [5, 5.41) is 8.57. The van der Waals surface area contributed by atoms with Crippen LogP contribution < -0.4 is 0 Å². The zero-order chi connectivity index (χ0) is 13.5. The molecule has 1 rings (SSSR count). The molecule has 0 radical (unpaired) electrons. The second-order valence-corrected chi connectivity index (χ2v) is 4.32. The molecule has 0 aliphatic rings. The van der Waals surface area contributed by atoms with Crippen LogP contribution in [0.1, 0.15) is 31.8 Å². The molecule has 0 unspecified atom stereocenters. The molecular weight excluding hydrogens is 228 g/mol. The Labute approximate surface area is 107 Å². The van der Waals surface area contributed by atoms with E-state index in [2.05, 4.69) is 0 Å². The van der Waals surface area contributed by atoms with Crippen LogP contribution in [0.15, 0.2) is 22.6 Å². The number of nitriles is 1. The second kappa shape index (κ2) is 6.65. The van der Waals surface area contributed by atoms with Gasteiger partial charge in [-0.3, -0.25) is 4.79 Å². The van der Waals surface area contributed by atoms with Gasteiger partial charge >= 0.3 is 0 Å². The zero-order valence-corrected chi connectivity index (χ0v) is 11.0. The summed E-state index contributed by atoms with van der Waals surface area (Å²) in [5.41, 5.74) is 0. The Kier molecular flexibility index (Phi) is 5.19. The first-order valence-electron chi connectivity index (χ1n) is 5.96. The van der Waals surface area contributed by atoms with Gasteiger partial charge in [-0.2, -0.15) is 5.26 Å². The molecule has 0 bridgehead atoms. The summed E-state index contributed by atoms with van der Waals surface area (Å²) in [4.78, 5) is 13.6. The molecule has 1 heterocycles. The molecule has 0 fully saturated rings. The van der Waals surface area contributed by atoms with Gasteiger partial charge in [0.05, 0.1) is 12.5 Å². The zero-order valence-electron chi connectivity index (χ0n) is 11.0. The summed E-state index contributed by atoms with van der Waals surface area (Å²) in [6.45, 7) is 6.17. The van der Waals surface area contributed by atoms with E-state index in [0.29, 0.717) is 18.7 Å². The molecule has 0 aliphatic carbocycles. The van der Waals surface area contributed by atoms with Gasteiger partial charge in [0.1, 0.15) is 11.5 Å². The highest BCUT2D eigenvalue weighted by Crippen LogP contribution is 2.09. The van der Waals surface area contributed by atoms with E-state index in [9.17, 15) is 4.79 Å². The molecular formula is C14H18N2O2. The summed E-state index contributed by atoms with van der Waals surface area (Å²) < 4.78 is 5.35. The van der Waals surface area contributed by atoms with Crippen molar-refractivity contribution in [3.8, 4) is 6.07 Å². The van der Waals surface area contributed by atoms with E-state index in [1.807, 2.05) is 39.0 Å². The number of furan rings is 1. The minimum Gasteiger partial charge on any atom is -0.462 e. The molecule has 0 aromatic carbocycles.